The Morgan fingerprint density at radius 2 is 1.88 bits per heavy atom. The van der Waals surface area contributed by atoms with Gasteiger partial charge in [0.25, 0.3) is 0 Å². The predicted molar refractivity (Wildman–Crippen MR) is 65.8 cm³/mol. The van der Waals surface area contributed by atoms with Crippen molar-refractivity contribution in [3.63, 3.8) is 0 Å². The minimum absolute atomic E-state index is 0.656. The molecule has 1 N–H and O–H groups in total. The maximum Gasteiger partial charge on any atom is 0.0870 e. The number of benzene rings is 1. The molecule has 16 heavy (non-hydrogen) atoms. The molecule has 0 amide bonds. The van der Waals surface area contributed by atoms with Crippen LogP contribution in [0.2, 0.25) is 0 Å². The number of aryl methyl sites for hydroxylation is 1. The summed E-state index contributed by atoms with van der Waals surface area (Å²) in [6.07, 6.45) is 8.75. The molecule has 2 heteroatoms. The van der Waals surface area contributed by atoms with Crippen LogP contribution in [0.4, 0.5) is 0 Å². The molecule has 1 heterocycles. The van der Waals surface area contributed by atoms with Crippen LogP contribution in [0.3, 0.4) is 0 Å². The lowest BCUT2D eigenvalue weighted by molar-refractivity contribution is 0.350. The summed E-state index contributed by atoms with van der Waals surface area (Å²) in [5.41, 5.74) is 4.97. The van der Waals surface area contributed by atoms with E-state index in [0.717, 1.165) is 6.04 Å². The van der Waals surface area contributed by atoms with Crippen molar-refractivity contribution in [3.05, 3.63) is 35.9 Å². The van der Waals surface area contributed by atoms with E-state index >= 15 is 0 Å². The van der Waals surface area contributed by atoms with E-state index in [1.165, 1.54) is 44.1 Å². The van der Waals surface area contributed by atoms with E-state index in [-0.39, 0.29) is 0 Å². The average molecular weight is 216 g/mol. The molecule has 2 nitrogen and oxygen atoms in total. The predicted octanol–water partition coefficient (Wildman–Crippen LogP) is 2.71. The second-order valence-electron chi connectivity index (χ2n) is 5.01. The Labute approximate surface area is 97.6 Å². The summed E-state index contributed by atoms with van der Waals surface area (Å²) in [6.45, 7) is 0. The minimum atomic E-state index is 0.656. The van der Waals surface area contributed by atoms with Gasteiger partial charge in [-0.2, -0.15) is 0 Å². The van der Waals surface area contributed by atoms with Crippen LogP contribution in [0.15, 0.2) is 30.3 Å². The molecule has 1 aliphatic heterocycles. The summed E-state index contributed by atoms with van der Waals surface area (Å²) in [7, 11) is 0. The van der Waals surface area contributed by atoms with Gasteiger partial charge in [0.05, 0.1) is 6.17 Å². The van der Waals surface area contributed by atoms with E-state index in [1.54, 1.807) is 0 Å². The SMILES string of the molecule is c1ccc(CCC2NN2C2CCCC2)cc1. The van der Waals surface area contributed by atoms with Crippen molar-refractivity contribution in [2.75, 3.05) is 0 Å². The van der Waals surface area contributed by atoms with E-state index in [1.807, 2.05) is 0 Å². The van der Waals surface area contributed by atoms with Gasteiger partial charge in [0.2, 0.25) is 0 Å². The molecule has 1 aromatic rings. The molecule has 3 rings (SSSR count). The fourth-order valence-electron chi connectivity index (χ4n) is 2.83. The van der Waals surface area contributed by atoms with Crippen LogP contribution >= 0.6 is 0 Å². The molecule has 2 aliphatic rings. The summed E-state index contributed by atoms with van der Waals surface area (Å²) in [4.78, 5) is 0. The summed E-state index contributed by atoms with van der Waals surface area (Å²) in [5.74, 6) is 0. The van der Waals surface area contributed by atoms with Crippen molar-refractivity contribution in [1.82, 2.24) is 10.4 Å². The Morgan fingerprint density at radius 3 is 2.62 bits per heavy atom. The molecule has 0 bridgehead atoms. The summed E-state index contributed by atoms with van der Waals surface area (Å²) >= 11 is 0. The lowest BCUT2D eigenvalue weighted by Crippen LogP contribution is -2.17. The van der Waals surface area contributed by atoms with Gasteiger partial charge in [0.15, 0.2) is 0 Å². The Hall–Kier alpha value is -0.860. The van der Waals surface area contributed by atoms with Crippen LogP contribution in [-0.4, -0.2) is 17.2 Å². The average Bonchev–Trinajstić information content (AvgIpc) is 2.90. The van der Waals surface area contributed by atoms with Gasteiger partial charge in [0, 0.05) is 6.04 Å². The van der Waals surface area contributed by atoms with Crippen molar-refractivity contribution < 1.29 is 0 Å². The zero-order valence-corrected chi connectivity index (χ0v) is 9.73. The van der Waals surface area contributed by atoms with Crippen molar-refractivity contribution >= 4 is 0 Å². The highest BCUT2D eigenvalue weighted by molar-refractivity contribution is 5.15. The highest BCUT2D eigenvalue weighted by atomic mass is 15.8. The fourth-order valence-corrected chi connectivity index (χ4v) is 2.83. The summed E-state index contributed by atoms with van der Waals surface area (Å²) < 4.78 is 0. The lowest BCUT2D eigenvalue weighted by atomic mass is 10.1. The molecule has 0 aromatic heterocycles. The van der Waals surface area contributed by atoms with Gasteiger partial charge < -0.3 is 0 Å². The quantitative estimate of drug-likeness (QED) is 0.783. The van der Waals surface area contributed by atoms with Crippen LogP contribution in [0.1, 0.15) is 37.7 Å². The van der Waals surface area contributed by atoms with Crippen LogP contribution in [-0.2, 0) is 6.42 Å². The first kappa shape index (κ1) is 10.3. The van der Waals surface area contributed by atoms with Gasteiger partial charge in [-0.25, -0.2) is 10.4 Å². The van der Waals surface area contributed by atoms with E-state index in [4.69, 9.17) is 0 Å². The lowest BCUT2D eigenvalue weighted by Gasteiger charge is -2.08. The van der Waals surface area contributed by atoms with Crippen LogP contribution in [0, 0.1) is 0 Å². The van der Waals surface area contributed by atoms with Crippen molar-refractivity contribution in [2.24, 2.45) is 0 Å². The molecule has 1 aliphatic carbocycles. The van der Waals surface area contributed by atoms with Gasteiger partial charge in [-0.05, 0) is 31.2 Å². The molecule has 2 atom stereocenters. The number of nitrogens with zero attached hydrogens (tertiary/aromatic N) is 1. The number of rotatable bonds is 4. The van der Waals surface area contributed by atoms with Crippen molar-refractivity contribution in [1.29, 1.82) is 0 Å². The van der Waals surface area contributed by atoms with Gasteiger partial charge in [-0.15, -0.1) is 0 Å². The standard InChI is InChI=1S/C14H20N2/c1-2-6-12(7-3-1)10-11-14-15-16(14)13-8-4-5-9-13/h1-3,6-7,13-15H,4-5,8-11H2. The monoisotopic (exact) mass is 216 g/mol. The Balaban J connectivity index is 1.44. The van der Waals surface area contributed by atoms with E-state index < -0.39 is 0 Å². The number of hydrogen-bond donors (Lipinski definition) is 1. The maximum atomic E-state index is 3.51. The largest absolute Gasteiger partial charge is 0.235 e. The van der Waals surface area contributed by atoms with Crippen molar-refractivity contribution in [2.45, 2.75) is 50.7 Å². The third-order valence-corrected chi connectivity index (χ3v) is 3.83. The zero-order valence-electron chi connectivity index (χ0n) is 9.73. The molecule has 2 fully saturated rings. The van der Waals surface area contributed by atoms with Crippen LogP contribution < -0.4 is 5.43 Å². The number of nitrogens with one attached hydrogen (secondary N) is 1. The van der Waals surface area contributed by atoms with Gasteiger partial charge in [0.1, 0.15) is 0 Å². The molecule has 86 valence electrons. The van der Waals surface area contributed by atoms with E-state index in [9.17, 15) is 0 Å². The molecule has 2 unspecified atom stereocenters. The Kier molecular flexibility index (Phi) is 2.94. The molecule has 0 spiro atoms. The normalized spacial score (nSPS) is 29.5. The second-order valence-corrected chi connectivity index (χ2v) is 5.01. The Bertz CT molecular complexity index is 330. The second kappa shape index (κ2) is 4.56. The number of hydrogen-bond acceptors (Lipinski definition) is 2. The summed E-state index contributed by atoms with van der Waals surface area (Å²) in [6, 6.07) is 11.6. The first-order valence-electron chi connectivity index (χ1n) is 6.52. The van der Waals surface area contributed by atoms with Gasteiger partial charge >= 0.3 is 0 Å². The van der Waals surface area contributed by atoms with E-state index in [0.29, 0.717) is 6.17 Å². The maximum absolute atomic E-state index is 3.51. The molecule has 1 saturated heterocycles. The smallest absolute Gasteiger partial charge is 0.0870 e. The molecular weight excluding hydrogens is 196 g/mol. The summed E-state index contributed by atoms with van der Waals surface area (Å²) in [5, 5.41) is 2.48. The third-order valence-electron chi connectivity index (χ3n) is 3.83. The van der Waals surface area contributed by atoms with Crippen molar-refractivity contribution in [3.8, 4) is 0 Å². The van der Waals surface area contributed by atoms with Crippen LogP contribution in [0.25, 0.3) is 0 Å². The zero-order chi connectivity index (χ0) is 10.8. The topological polar surface area (TPSA) is 25.0 Å². The molecule has 1 saturated carbocycles. The highest BCUT2D eigenvalue weighted by Crippen LogP contribution is 2.30. The van der Waals surface area contributed by atoms with Gasteiger partial charge in [-0.1, -0.05) is 43.2 Å². The number of hydrazine groups is 1. The van der Waals surface area contributed by atoms with Gasteiger partial charge in [-0.3, -0.25) is 0 Å². The van der Waals surface area contributed by atoms with Crippen LogP contribution in [0.5, 0.6) is 0 Å². The highest BCUT2D eigenvalue weighted by Gasteiger charge is 2.39. The van der Waals surface area contributed by atoms with E-state index in [2.05, 4.69) is 40.8 Å². The third kappa shape index (κ3) is 2.28. The fraction of sp³-hybridized carbons (Fsp3) is 0.571. The minimum Gasteiger partial charge on any atom is -0.235 e. The first-order valence-corrected chi connectivity index (χ1v) is 6.52. The first-order chi connectivity index (χ1) is 7.93. The molecule has 0 radical (unpaired) electrons. The Morgan fingerprint density at radius 1 is 1.12 bits per heavy atom. The molecule has 1 aromatic carbocycles. The molecular formula is C14H20N2.